The summed E-state index contributed by atoms with van der Waals surface area (Å²) in [5.41, 5.74) is -0.307. The van der Waals surface area contributed by atoms with Gasteiger partial charge in [0.05, 0.1) is 15.6 Å². The Morgan fingerprint density at radius 3 is 2.53 bits per heavy atom. The molecule has 8 nitrogen and oxygen atoms in total. The molecule has 1 aromatic rings. The lowest BCUT2D eigenvalue weighted by Crippen LogP contribution is -2.21. The molecule has 1 rings (SSSR count). The minimum Gasteiger partial charge on any atom is -0.319 e. The topological polar surface area (TPSA) is 115 Å². The van der Waals surface area contributed by atoms with E-state index in [-0.39, 0.29) is 16.4 Å². The van der Waals surface area contributed by atoms with Gasteiger partial charge in [-0.05, 0) is 6.07 Å². The molecular weight excluding hydrogens is 254 g/mol. The summed E-state index contributed by atoms with van der Waals surface area (Å²) in [7, 11) is 0. The molecule has 0 unspecified atom stereocenters. The molecule has 1 aromatic carbocycles. The van der Waals surface area contributed by atoms with Crippen LogP contribution < -0.4 is 5.32 Å². The van der Waals surface area contributed by atoms with Crippen molar-refractivity contribution >= 4 is 28.9 Å². The fraction of sp³-hybridized carbons (Fsp3) is 0.125. The zero-order chi connectivity index (χ0) is 13.0. The molecule has 0 heterocycles. The number of nitrogens with one attached hydrogen (secondary N) is 1. The maximum Gasteiger partial charge on any atom is 0.296 e. The Balaban J connectivity index is 2.90. The molecule has 0 aliphatic carbocycles. The summed E-state index contributed by atoms with van der Waals surface area (Å²) in [5, 5.41) is 22.7. The first kappa shape index (κ1) is 12.8. The van der Waals surface area contributed by atoms with Gasteiger partial charge in [0.2, 0.25) is 0 Å². The quantitative estimate of drug-likeness (QED) is 0.649. The highest BCUT2D eigenvalue weighted by atomic mass is 35.5. The predicted molar refractivity (Wildman–Crippen MR) is 58.6 cm³/mol. The van der Waals surface area contributed by atoms with Gasteiger partial charge in [0.25, 0.3) is 18.1 Å². The smallest absolute Gasteiger partial charge is 0.296 e. The van der Waals surface area contributed by atoms with Crippen molar-refractivity contribution in [1.82, 2.24) is 0 Å². The molecule has 0 saturated heterocycles. The van der Waals surface area contributed by atoms with Crippen molar-refractivity contribution in [1.29, 1.82) is 0 Å². The number of hydrogen-bond acceptors (Lipinski definition) is 5. The lowest BCUT2D eigenvalue weighted by molar-refractivity contribution is -0.467. The minimum atomic E-state index is -0.932. The predicted octanol–water partition coefficient (Wildman–Crippen LogP) is 1.46. The number of non-ortho nitro benzene ring substituents is 1. The molecule has 0 radical (unpaired) electrons. The second-order valence-corrected chi connectivity index (χ2v) is 3.37. The van der Waals surface area contributed by atoms with Gasteiger partial charge in [0.15, 0.2) is 0 Å². The average Bonchev–Trinajstić information content (AvgIpc) is 2.19. The molecule has 1 amide bonds. The number of benzene rings is 1. The van der Waals surface area contributed by atoms with Crippen molar-refractivity contribution in [2.24, 2.45) is 0 Å². The lowest BCUT2D eigenvalue weighted by Gasteiger charge is -2.04. The van der Waals surface area contributed by atoms with Crippen LogP contribution in [-0.2, 0) is 4.79 Å². The lowest BCUT2D eigenvalue weighted by atomic mass is 10.3. The van der Waals surface area contributed by atoms with Crippen LogP contribution in [0.3, 0.4) is 0 Å². The average molecular weight is 260 g/mol. The minimum absolute atomic E-state index is 0.0345. The van der Waals surface area contributed by atoms with Crippen LogP contribution in [0.4, 0.5) is 11.4 Å². The molecule has 0 spiro atoms. The van der Waals surface area contributed by atoms with Crippen LogP contribution in [0.25, 0.3) is 0 Å². The Labute approximate surface area is 99.5 Å². The highest BCUT2D eigenvalue weighted by Crippen LogP contribution is 2.26. The zero-order valence-electron chi connectivity index (χ0n) is 8.25. The van der Waals surface area contributed by atoms with Crippen LogP contribution in [0.15, 0.2) is 18.2 Å². The number of amides is 1. The summed E-state index contributed by atoms with van der Waals surface area (Å²) in [6.45, 7) is -0.932. The van der Waals surface area contributed by atoms with E-state index in [0.717, 1.165) is 12.1 Å². The van der Waals surface area contributed by atoms with Crippen LogP contribution in [0.2, 0.25) is 5.02 Å². The standard InChI is InChI=1S/C8H6ClN3O5/c9-6-2-1-5(12(16)17)3-7(6)10-8(13)4-11(14)15/h1-3H,4H2,(H,10,13). The first-order valence-corrected chi connectivity index (χ1v) is 4.63. The number of nitro groups is 2. The van der Waals surface area contributed by atoms with Crippen molar-refractivity contribution < 1.29 is 14.6 Å². The van der Waals surface area contributed by atoms with E-state index in [2.05, 4.69) is 5.32 Å². The SMILES string of the molecule is O=C(C[N+](=O)[O-])Nc1cc([N+](=O)[O-])ccc1Cl. The Bertz CT molecular complexity index is 490. The molecule has 0 aromatic heterocycles. The number of carbonyl (C=O) groups is 1. The van der Waals surface area contributed by atoms with Crippen LogP contribution in [0.1, 0.15) is 0 Å². The molecule has 0 fully saturated rings. The zero-order valence-corrected chi connectivity index (χ0v) is 9.01. The molecule has 0 atom stereocenters. The monoisotopic (exact) mass is 259 g/mol. The number of nitro benzene ring substituents is 1. The molecule has 0 aliphatic rings. The fourth-order valence-corrected chi connectivity index (χ4v) is 1.19. The number of hydrogen-bond donors (Lipinski definition) is 1. The maximum absolute atomic E-state index is 11.1. The summed E-state index contributed by atoms with van der Waals surface area (Å²) in [4.78, 5) is 30.1. The fourth-order valence-electron chi connectivity index (χ4n) is 1.03. The van der Waals surface area contributed by atoms with E-state index in [1.54, 1.807) is 0 Å². The highest BCUT2D eigenvalue weighted by Gasteiger charge is 2.14. The third-order valence-corrected chi connectivity index (χ3v) is 2.04. The van der Waals surface area contributed by atoms with Crippen LogP contribution >= 0.6 is 11.6 Å². The number of carbonyl (C=O) groups excluding carboxylic acids is 1. The Morgan fingerprint density at radius 1 is 1.35 bits per heavy atom. The normalized spacial score (nSPS) is 9.71. The van der Waals surface area contributed by atoms with E-state index in [1.807, 2.05) is 0 Å². The molecule has 90 valence electrons. The summed E-state index contributed by atoms with van der Waals surface area (Å²) in [5.74, 6) is -0.905. The largest absolute Gasteiger partial charge is 0.319 e. The number of rotatable bonds is 4. The number of anilines is 1. The van der Waals surface area contributed by atoms with E-state index in [9.17, 15) is 25.0 Å². The van der Waals surface area contributed by atoms with Gasteiger partial charge in [-0.1, -0.05) is 11.6 Å². The molecule has 0 saturated carbocycles. The van der Waals surface area contributed by atoms with Gasteiger partial charge in [-0.15, -0.1) is 0 Å². The number of nitrogens with zero attached hydrogens (tertiary/aromatic N) is 2. The van der Waals surface area contributed by atoms with Crippen LogP contribution in [0.5, 0.6) is 0 Å². The number of halogens is 1. The van der Waals surface area contributed by atoms with Crippen molar-refractivity contribution in [2.75, 3.05) is 11.9 Å². The Kier molecular flexibility index (Phi) is 3.94. The summed E-state index contributed by atoms with van der Waals surface area (Å²) < 4.78 is 0. The second kappa shape index (κ2) is 5.21. The summed E-state index contributed by atoms with van der Waals surface area (Å²) in [6.07, 6.45) is 0. The first-order chi connectivity index (χ1) is 7.90. The van der Waals surface area contributed by atoms with E-state index >= 15 is 0 Å². The van der Waals surface area contributed by atoms with Gasteiger partial charge in [-0.2, -0.15) is 0 Å². The van der Waals surface area contributed by atoms with Gasteiger partial charge < -0.3 is 5.32 Å². The molecular formula is C8H6ClN3O5. The van der Waals surface area contributed by atoms with Gasteiger partial charge in [0.1, 0.15) is 0 Å². The molecule has 9 heteroatoms. The highest BCUT2D eigenvalue weighted by molar-refractivity contribution is 6.33. The van der Waals surface area contributed by atoms with Gasteiger partial charge in [-0.25, -0.2) is 0 Å². The second-order valence-electron chi connectivity index (χ2n) is 2.96. The van der Waals surface area contributed by atoms with Gasteiger partial charge >= 0.3 is 0 Å². The first-order valence-electron chi connectivity index (χ1n) is 4.25. The van der Waals surface area contributed by atoms with Crippen LogP contribution in [-0.4, -0.2) is 22.3 Å². The van der Waals surface area contributed by atoms with Gasteiger partial charge in [0, 0.05) is 17.1 Å². The van der Waals surface area contributed by atoms with E-state index in [1.165, 1.54) is 6.07 Å². The van der Waals surface area contributed by atoms with E-state index in [4.69, 9.17) is 11.6 Å². The third-order valence-electron chi connectivity index (χ3n) is 1.71. The van der Waals surface area contributed by atoms with E-state index < -0.39 is 22.3 Å². The molecule has 17 heavy (non-hydrogen) atoms. The van der Waals surface area contributed by atoms with Crippen molar-refractivity contribution in [3.05, 3.63) is 43.5 Å². The van der Waals surface area contributed by atoms with Crippen molar-refractivity contribution in [3.8, 4) is 0 Å². The van der Waals surface area contributed by atoms with Crippen LogP contribution in [0, 0.1) is 20.2 Å². The van der Waals surface area contributed by atoms with Crippen molar-refractivity contribution in [3.63, 3.8) is 0 Å². The Morgan fingerprint density at radius 2 is 2.00 bits per heavy atom. The van der Waals surface area contributed by atoms with E-state index in [0.29, 0.717) is 0 Å². The molecule has 1 N–H and O–H groups in total. The third kappa shape index (κ3) is 3.68. The maximum atomic E-state index is 11.1. The summed E-state index contributed by atoms with van der Waals surface area (Å²) >= 11 is 5.67. The molecule has 0 aliphatic heterocycles. The Hall–Kier alpha value is -2.22. The van der Waals surface area contributed by atoms with Crippen molar-refractivity contribution in [2.45, 2.75) is 0 Å². The summed E-state index contributed by atoms with van der Waals surface area (Å²) in [6, 6.07) is 3.41. The molecule has 0 bridgehead atoms. The van der Waals surface area contributed by atoms with Gasteiger partial charge in [-0.3, -0.25) is 25.0 Å².